The van der Waals surface area contributed by atoms with E-state index >= 15 is 0 Å². The van der Waals surface area contributed by atoms with Crippen molar-refractivity contribution >= 4 is 45.5 Å². The molecule has 1 aromatic heterocycles. The number of hydrogen-bond acceptors (Lipinski definition) is 2. The van der Waals surface area contributed by atoms with Gasteiger partial charge in [-0.15, -0.1) is 0 Å². The number of para-hydroxylation sites is 1. The Morgan fingerprint density at radius 1 is 0.759 bits per heavy atom. The average molecular weight is 398 g/mol. The Hall–Kier alpha value is -3.17. The van der Waals surface area contributed by atoms with E-state index in [9.17, 15) is 0 Å². The summed E-state index contributed by atoms with van der Waals surface area (Å²) in [6.45, 7) is 0.845. The van der Waals surface area contributed by atoms with E-state index in [0.29, 0.717) is 0 Å². The predicted molar refractivity (Wildman–Crippen MR) is 127 cm³/mol. The summed E-state index contributed by atoms with van der Waals surface area (Å²) in [5.41, 5.74) is 4.92. The molecule has 0 radical (unpaired) electrons. The number of allylic oxidation sites excluding steroid dienone is 1. The summed E-state index contributed by atoms with van der Waals surface area (Å²) in [4.78, 5) is 2.12. The molecule has 0 aliphatic carbocycles. The van der Waals surface area contributed by atoms with E-state index < -0.39 is 0 Å². The van der Waals surface area contributed by atoms with Crippen molar-refractivity contribution in [3.8, 4) is 0 Å². The molecule has 0 saturated heterocycles. The summed E-state index contributed by atoms with van der Waals surface area (Å²) in [5, 5.41) is 1.25. The van der Waals surface area contributed by atoms with Gasteiger partial charge >= 0.3 is 0 Å². The molecule has 0 aliphatic rings. The van der Waals surface area contributed by atoms with Crippen molar-refractivity contribution in [2.45, 2.75) is 6.54 Å². The molecule has 3 aromatic carbocycles. The molecular formula is C26H25N2S+. The van der Waals surface area contributed by atoms with Crippen molar-refractivity contribution in [3.05, 3.63) is 101 Å². The molecule has 0 amide bonds. The van der Waals surface area contributed by atoms with Crippen molar-refractivity contribution in [3.63, 3.8) is 0 Å². The van der Waals surface area contributed by atoms with Crippen molar-refractivity contribution in [2.75, 3.05) is 19.0 Å². The topological polar surface area (TPSA) is 7.12 Å². The first-order chi connectivity index (χ1) is 14.2. The summed E-state index contributed by atoms with van der Waals surface area (Å²) >= 11 is 1.83. The number of benzene rings is 3. The van der Waals surface area contributed by atoms with Crippen LogP contribution in [0.15, 0.2) is 84.9 Å². The average Bonchev–Trinajstić information content (AvgIpc) is 3.11. The largest absolute Gasteiger partial charge is 0.378 e. The number of nitrogens with zero attached hydrogens (tertiary/aromatic N) is 2. The monoisotopic (exact) mass is 397 g/mol. The van der Waals surface area contributed by atoms with E-state index in [1.165, 1.54) is 32.0 Å². The van der Waals surface area contributed by atoms with E-state index in [0.717, 1.165) is 6.54 Å². The van der Waals surface area contributed by atoms with E-state index in [1.54, 1.807) is 0 Å². The Morgan fingerprint density at radius 3 is 2.21 bits per heavy atom. The van der Waals surface area contributed by atoms with Gasteiger partial charge in [0.25, 0.3) is 5.01 Å². The maximum absolute atomic E-state index is 2.38. The standard InChI is InChI=1S/C26H25N2S/c1-27(2)23-17-14-22(15-18-23)16-19-26-28(24-12-6-7-13-25(24)29-26)20-8-11-21-9-4-3-5-10-21/h3-19H,20H2,1-2H3/q+1/b11-8+. The molecule has 0 aliphatic heterocycles. The highest BCUT2D eigenvalue weighted by molar-refractivity contribution is 7.18. The second-order valence-corrected chi connectivity index (χ2v) is 8.21. The third-order valence-corrected chi connectivity index (χ3v) is 5.99. The van der Waals surface area contributed by atoms with E-state index in [4.69, 9.17) is 0 Å². The summed E-state index contributed by atoms with van der Waals surface area (Å²) in [5.74, 6) is 0. The molecule has 4 rings (SSSR count). The van der Waals surface area contributed by atoms with Crippen LogP contribution in [-0.4, -0.2) is 14.1 Å². The zero-order chi connectivity index (χ0) is 20.1. The van der Waals surface area contributed by atoms with Gasteiger partial charge in [0.1, 0.15) is 4.70 Å². The van der Waals surface area contributed by atoms with Gasteiger partial charge in [0.15, 0.2) is 6.54 Å². The highest BCUT2D eigenvalue weighted by Gasteiger charge is 2.16. The van der Waals surface area contributed by atoms with Crippen LogP contribution in [0.3, 0.4) is 0 Å². The van der Waals surface area contributed by atoms with Gasteiger partial charge in [-0.3, -0.25) is 0 Å². The molecule has 0 spiro atoms. The van der Waals surface area contributed by atoms with Crippen LogP contribution in [0.2, 0.25) is 0 Å². The van der Waals surface area contributed by atoms with Crippen molar-refractivity contribution in [1.29, 1.82) is 0 Å². The maximum atomic E-state index is 2.38. The number of rotatable bonds is 6. The van der Waals surface area contributed by atoms with Crippen LogP contribution < -0.4 is 9.47 Å². The molecule has 2 nitrogen and oxygen atoms in total. The van der Waals surface area contributed by atoms with Gasteiger partial charge < -0.3 is 4.90 Å². The molecule has 0 fully saturated rings. The molecule has 0 bridgehead atoms. The van der Waals surface area contributed by atoms with Gasteiger partial charge in [-0.2, -0.15) is 4.57 Å². The van der Waals surface area contributed by atoms with Gasteiger partial charge in [-0.05, 0) is 41.5 Å². The van der Waals surface area contributed by atoms with E-state index in [2.05, 4.69) is 121 Å². The zero-order valence-corrected chi connectivity index (χ0v) is 17.6. The zero-order valence-electron chi connectivity index (χ0n) is 16.8. The fraction of sp³-hybridized carbons (Fsp3) is 0.115. The molecule has 4 aromatic rings. The van der Waals surface area contributed by atoms with Crippen LogP contribution in [0.25, 0.3) is 28.4 Å². The number of aromatic nitrogens is 1. The minimum atomic E-state index is 0.845. The van der Waals surface area contributed by atoms with Crippen LogP contribution in [0, 0.1) is 0 Å². The van der Waals surface area contributed by atoms with E-state index in [-0.39, 0.29) is 0 Å². The number of hydrogen-bond donors (Lipinski definition) is 0. The smallest absolute Gasteiger partial charge is 0.263 e. The van der Waals surface area contributed by atoms with Crippen LogP contribution in [-0.2, 0) is 6.54 Å². The molecule has 0 unspecified atom stereocenters. The Morgan fingerprint density at radius 2 is 1.45 bits per heavy atom. The summed E-state index contributed by atoms with van der Waals surface area (Å²) in [6, 6.07) is 27.7. The molecule has 29 heavy (non-hydrogen) atoms. The molecule has 1 heterocycles. The third-order valence-electron chi connectivity index (χ3n) is 4.86. The fourth-order valence-corrected chi connectivity index (χ4v) is 4.35. The molecular weight excluding hydrogens is 372 g/mol. The number of fused-ring (bicyclic) bond motifs is 1. The Balaban J connectivity index is 1.61. The minimum Gasteiger partial charge on any atom is -0.378 e. The lowest BCUT2D eigenvalue weighted by Gasteiger charge is -2.11. The normalized spacial score (nSPS) is 11.7. The van der Waals surface area contributed by atoms with Crippen LogP contribution >= 0.6 is 11.3 Å². The lowest BCUT2D eigenvalue weighted by Crippen LogP contribution is -2.33. The second kappa shape index (κ2) is 8.89. The Bertz CT molecular complexity index is 1140. The lowest BCUT2D eigenvalue weighted by molar-refractivity contribution is -0.658. The highest BCUT2D eigenvalue weighted by Crippen LogP contribution is 2.22. The van der Waals surface area contributed by atoms with Crippen molar-refractivity contribution in [2.24, 2.45) is 0 Å². The molecule has 0 saturated carbocycles. The number of anilines is 1. The first-order valence-electron chi connectivity index (χ1n) is 9.79. The minimum absolute atomic E-state index is 0.845. The maximum Gasteiger partial charge on any atom is 0.263 e. The first-order valence-corrected chi connectivity index (χ1v) is 10.6. The lowest BCUT2D eigenvalue weighted by atomic mass is 10.2. The Kier molecular flexibility index (Phi) is 5.87. The summed E-state index contributed by atoms with van der Waals surface area (Å²) in [7, 11) is 4.13. The highest BCUT2D eigenvalue weighted by atomic mass is 32.1. The SMILES string of the molecule is CN(C)c1ccc(/C=C/c2sc3ccccc3[n+]2C/C=C/c2ccccc2)cc1. The summed E-state index contributed by atoms with van der Waals surface area (Å²) in [6.07, 6.45) is 8.85. The third kappa shape index (κ3) is 4.64. The van der Waals surface area contributed by atoms with Crippen LogP contribution in [0.4, 0.5) is 5.69 Å². The number of thiazole rings is 1. The van der Waals surface area contributed by atoms with Gasteiger partial charge in [0, 0.05) is 31.9 Å². The predicted octanol–water partition coefficient (Wildman–Crippen LogP) is 6.14. The van der Waals surface area contributed by atoms with Gasteiger partial charge in [-0.1, -0.05) is 72.0 Å². The summed E-state index contributed by atoms with van der Waals surface area (Å²) < 4.78 is 3.69. The second-order valence-electron chi connectivity index (χ2n) is 7.15. The van der Waals surface area contributed by atoms with Crippen molar-refractivity contribution < 1.29 is 4.57 Å². The van der Waals surface area contributed by atoms with Crippen LogP contribution in [0.1, 0.15) is 16.1 Å². The Labute approximate surface area is 176 Å². The van der Waals surface area contributed by atoms with E-state index in [1.807, 2.05) is 17.4 Å². The van der Waals surface area contributed by atoms with Crippen LogP contribution in [0.5, 0.6) is 0 Å². The quantitative estimate of drug-likeness (QED) is 0.355. The van der Waals surface area contributed by atoms with Crippen molar-refractivity contribution in [1.82, 2.24) is 0 Å². The van der Waals surface area contributed by atoms with Gasteiger partial charge in [0.2, 0.25) is 5.52 Å². The molecule has 144 valence electrons. The fourth-order valence-electron chi connectivity index (χ4n) is 3.27. The molecule has 3 heteroatoms. The van der Waals surface area contributed by atoms with Gasteiger partial charge in [0.05, 0.1) is 0 Å². The first kappa shape index (κ1) is 19.2. The molecule has 0 atom stereocenters. The molecule has 0 N–H and O–H groups in total. The van der Waals surface area contributed by atoms with Gasteiger partial charge in [-0.25, -0.2) is 0 Å².